The smallest absolute Gasteiger partial charge is 0.407 e. The van der Waals surface area contributed by atoms with Crippen LogP contribution >= 0.6 is 11.8 Å². The molecule has 5 heterocycles. The molecule has 2 amide bonds. The second kappa shape index (κ2) is 19.9. The summed E-state index contributed by atoms with van der Waals surface area (Å²) < 4.78 is 41.9. The number of carboxylic acids is 1. The first-order valence-electron chi connectivity index (χ1n) is 22.9. The molecular weight excluding hydrogens is 883 g/mol. The van der Waals surface area contributed by atoms with Gasteiger partial charge in [-0.15, -0.1) is 0 Å². The third-order valence-corrected chi connectivity index (χ3v) is 14.9. The Hall–Kier alpha value is -5.30. The quantitative estimate of drug-likeness (QED) is 0.137. The summed E-state index contributed by atoms with van der Waals surface area (Å²) in [6, 6.07) is 16.6. The number of alkyl carbamates (subject to hydrolysis) is 1. The summed E-state index contributed by atoms with van der Waals surface area (Å²) in [5.74, 6) is -2.08. The molecule has 4 aliphatic heterocycles. The third kappa shape index (κ3) is 10.9. The van der Waals surface area contributed by atoms with Crippen LogP contribution in [0.25, 0.3) is 0 Å². The molecule has 4 fully saturated rings. The van der Waals surface area contributed by atoms with Gasteiger partial charge in [-0.1, -0.05) is 24.8 Å². The van der Waals surface area contributed by atoms with Gasteiger partial charge in [0.15, 0.2) is 0 Å². The van der Waals surface area contributed by atoms with E-state index >= 15 is 4.39 Å². The van der Waals surface area contributed by atoms with Gasteiger partial charge >= 0.3 is 12.1 Å². The Morgan fingerprint density at radius 2 is 1.64 bits per heavy atom. The van der Waals surface area contributed by atoms with Crippen molar-refractivity contribution in [2.75, 3.05) is 79.0 Å². The third-order valence-electron chi connectivity index (χ3n) is 13.3. The standard InChI is InChI=1S/C48H60F2N8O6SSi/c1-30(66)42-43(54-46(62)64-47(2,3)4)48(29-63-42)14-18-58(19-15-48)40-27-52-41(28-51-40)65-35-7-5-6-32(25-35)53-44(59)31-8-11-39(38(50)24-31)57-16-12-33(13-17-57)55-20-22-56(23-21-55)34-9-10-36(45(60)61)37(49)26-34/h5-11,24-28,30,33,42-43H,12-23,29H2,1-4,66H3,(H,53,59)(H,54,62)(H,60,61)/t30-,42?,43-/m1/s1. The molecule has 352 valence electrons. The number of halogens is 2. The lowest BCUT2D eigenvalue weighted by Gasteiger charge is -2.43. The van der Waals surface area contributed by atoms with Crippen molar-refractivity contribution in [3.05, 3.63) is 95.8 Å². The van der Waals surface area contributed by atoms with Crippen molar-refractivity contribution in [3.63, 3.8) is 0 Å². The zero-order chi connectivity index (χ0) is 46.8. The maximum absolute atomic E-state index is 15.6. The van der Waals surface area contributed by atoms with Crippen LogP contribution < -0.4 is 25.3 Å². The molecule has 8 rings (SSSR count). The lowest BCUT2D eigenvalue weighted by atomic mass is 9.72. The van der Waals surface area contributed by atoms with Crippen LogP contribution in [0.15, 0.2) is 83.0 Å². The highest BCUT2D eigenvalue weighted by atomic mass is 32.2. The van der Waals surface area contributed by atoms with Crippen molar-refractivity contribution < 1.29 is 37.7 Å². The number of piperazine rings is 1. The molecule has 4 aliphatic rings. The van der Waals surface area contributed by atoms with E-state index in [2.05, 4.69) is 32.3 Å². The number of aromatic nitrogens is 2. The molecule has 18 heteroatoms. The Kier molecular flexibility index (Phi) is 14.2. The van der Waals surface area contributed by atoms with Gasteiger partial charge in [0.1, 0.15) is 28.1 Å². The topological polar surface area (TPSA) is 153 Å². The van der Waals surface area contributed by atoms with Gasteiger partial charge in [0.25, 0.3) is 5.91 Å². The Morgan fingerprint density at radius 1 is 0.894 bits per heavy atom. The Labute approximate surface area is 392 Å². The molecule has 1 aromatic heterocycles. The van der Waals surface area contributed by atoms with Crippen LogP contribution in [0.2, 0.25) is 5.54 Å². The number of nitrogens with zero attached hydrogens (tertiary/aromatic N) is 6. The van der Waals surface area contributed by atoms with E-state index in [9.17, 15) is 18.8 Å². The molecular formula is C48H60F2N8O6SSi. The molecule has 3 aromatic carbocycles. The predicted molar refractivity (Wildman–Crippen MR) is 255 cm³/mol. The summed E-state index contributed by atoms with van der Waals surface area (Å²) in [5, 5.41) is 16.0. The fourth-order valence-electron chi connectivity index (χ4n) is 9.76. The zero-order valence-electron chi connectivity index (χ0n) is 38.3. The van der Waals surface area contributed by atoms with E-state index in [-0.39, 0.29) is 28.7 Å². The number of anilines is 4. The highest BCUT2D eigenvalue weighted by Crippen LogP contribution is 2.45. The van der Waals surface area contributed by atoms with Crippen molar-refractivity contribution in [2.45, 2.75) is 92.6 Å². The number of piperidine rings is 2. The van der Waals surface area contributed by atoms with Crippen molar-refractivity contribution in [2.24, 2.45) is 5.41 Å². The number of carboxylic acid groups (broad SMARTS) is 1. The molecule has 0 bridgehead atoms. The van der Waals surface area contributed by atoms with Gasteiger partial charge in [-0.25, -0.2) is 28.3 Å². The monoisotopic (exact) mass is 942 g/mol. The van der Waals surface area contributed by atoms with Gasteiger partial charge in [-0.3, -0.25) is 9.69 Å². The highest BCUT2D eigenvalue weighted by molar-refractivity contribution is 7.99. The van der Waals surface area contributed by atoms with Gasteiger partial charge in [-0.05, 0) is 107 Å². The average Bonchev–Trinajstić information content (AvgIpc) is 3.62. The van der Waals surface area contributed by atoms with Crippen LogP contribution in [0.3, 0.4) is 0 Å². The van der Waals surface area contributed by atoms with Crippen LogP contribution in [0.5, 0.6) is 0 Å². The maximum atomic E-state index is 15.6. The van der Waals surface area contributed by atoms with Crippen molar-refractivity contribution >= 4 is 62.9 Å². The lowest BCUT2D eigenvalue weighted by molar-refractivity contribution is 0.0422. The van der Waals surface area contributed by atoms with E-state index in [4.69, 9.17) is 24.5 Å². The fraction of sp³-hybridized carbons (Fsp3) is 0.479. The van der Waals surface area contributed by atoms with Crippen LogP contribution in [0.4, 0.5) is 36.5 Å². The maximum Gasteiger partial charge on any atom is 0.407 e. The molecule has 0 saturated carbocycles. The minimum atomic E-state index is -1.28. The van der Waals surface area contributed by atoms with Crippen LogP contribution in [-0.4, -0.2) is 131 Å². The fourth-order valence-corrected chi connectivity index (χ4v) is 11.1. The molecule has 1 unspecified atom stereocenters. The molecule has 0 aliphatic carbocycles. The second-order valence-corrected chi connectivity index (χ2v) is 22.1. The summed E-state index contributed by atoms with van der Waals surface area (Å²) >= 11 is 1.43. The van der Waals surface area contributed by atoms with Gasteiger partial charge in [-0.2, -0.15) is 0 Å². The molecule has 66 heavy (non-hydrogen) atoms. The summed E-state index contributed by atoms with van der Waals surface area (Å²) in [5.41, 5.74) is 1.23. The predicted octanol–water partition coefficient (Wildman–Crippen LogP) is 6.70. The number of hydrogen-bond donors (Lipinski definition) is 3. The minimum absolute atomic E-state index is 0.0331. The molecule has 3 atom stereocenters. The minimum Gasteiger partial charge on any atom is -0.478 e. The molecule has 4 saturated heterocycles. The van der Waals surface area contributed by atoms with E-state index in [1.165, 1.54) is 30.0 Å². The van der Waals surface area contributed by atoms with Crippen LogP contribution in [0, 0.1) is 17.0 Å². The largest absolute Gasteiger partial charge is 0.478 e. The van der Waals surface area contributed by atoms with E-state index in [1.54, 1.807) is 36.7 Å². The van der Waals surface area contributed by atoms with Crippen LogP contribution in [-0.2, 0) is 9.47 Å². The number of carbonyl (C=O) groups is 3. The first-order chi connectivity index (χ1) is 31.5. The summed E-state index contributed by atoms with van der Waals surface area (Å²) in [6.45, 7) is 14.3. The first-order valence-corrected chi connectivity index (χ1v) is 24.8. The molecule has 14 nitrogen and oxygen atoms in total. The number of benzene rings is 3. The molecule has 3 N–H and O–H groups in total. The number of aromatic carboxylic acids is 1. The van der Waals surface area contributed by atoms with E-state index in [0.29, 0.717) is 66.5 Å². The number of nitrogens with one attached hydrogen (secondary N) is 2. The molecule has 1 spiro atoms. The van der Waals surface area contributed by atoms with E-state index < -0.39 is 35.2 Å². The van der Waals surface area contributed by atoms with Gasteiger partial charge in [0, 0.05) is 95.9 Å². The number of ether oxygens (including phenoxy) is 2. The number of rotatable bonds is 11. The van der Waals surface area contributed by atoms with Gasteiger partial charge in [0.05, 0.1) is 42.4 Å². The van der Waals surface area contributed by atoms with Gasteiger partial charge in [0.2, 0.25) is 0 Å². The number of carbonyl (C=O) groups excluding carboxylic acids is 2. The Morgan fingerprint density at radius 3 is 2.27 bits per heavy atom. The van der Waals surface area contributed by atoms with E-state index in [1.807, 2.05) is 43.9 Å². The summed E-state index contributed by atoms with van der Waals surface area (Å²) in [7, 11) is 0.958. The highest BCUT2D eigenvalue weighted by Gasteiger charge is 2.52. The lowest BCUT2D eigenvalue weighted by Crippen LogP contribution is -2.56. The first kappa shape index (κ1) is 47.2. The number of amides is 2. The van der Waals surface area contributed by atoms with Crippen LogP contribution in [0.1, 0.15) is 74.1 Å². The average molecular weight is 943 g/mol. The summed E-state index contributed by atoms with van der Waals surface area (Å²) in [4.78, 5) is 56.5. The van der Waals surface area contributed by atoms with Crippen molar-refractivity contribution in [3.8, 4) is 0 Å². The Balaban J connectivity index is 0.800. The van der Waals surface area contributed by atoms with Gasteiger partial charge < -0.3 is 39.9 Å². The zero-order valence-corrected chi connectivity index (χ0v) is 41.1. The second-order valence-electron chi connectivity index (χ2n) is 19.2. The summed E-state index contributed by atoms with van der Waals surface area (Å²) in [6.07, 6.45) is 6.52. The SMILES string of the molecule is C[C@@H]([SiH3])C1OCC2(CCN(c3cnc(Sc4cccc(NC(=O)c5ccc(N6CCC(N7CCN(c8ccc(C(=O)O)c(F)c8)CC7)CC6)c(F)c5)c4)cn3)CC2)[C@@H]1NC(=O)OC(C)(C)C. The molecule has 0 radical (unpaired) electrons. The van der Waals surface area contributed by atoms with Crippen molar-refractivity contribution in [1.82, 2.24) is 20.2 Å². The number of hydrogen-bond acceptors (Lipinski definition) is 12. The Bertz CT molecular complexity index is 2390. The van der Waals surface area contributed by atoms with E-state index in [0.717, 1.165) is 72.8 Å². The normalized spacial score (nSPS) is 20.9. The van der Waals surface area contributed by atoms with Crippen molar-refractivity contribution in [1.29, 1.82) is 0 Å². The molecule has 4 aromatic rings.